The molecule has 2 aromatic rings. The standard InChI is InChI=1S/C32H42N2O8/c1-6-38-25(36)18-23(33-30(37)26(20(2)3)34-24(35)17-21-13-9-7-10-14-21)27-28(39-19-22-15-11-8-12-16-22)29-31(40-27)42-32(4,5)41-29/h7-16,20,23,26-29,31H,6,17-19H2,1-5H3,(H,33,37)(H,34,35)/t23-,26+,27-,28+,29-,31-/m1/s1. The van der Waals surface area contributed by atoms with Gasteiger partial charge in [-0.25, -0.2) is 0 Å². The molecule has 2 aliphatic rings. The lowest BCUT2D eigenvalue weighted by molar-refractivity contribution is -0.223. The predicted molar refractivity (Wildman–Crippen MR) is 154 cm³/mol. The first-order valence-electron chi connectivity index (χ1n) is 14.5. The zero-order valence-electron chi connectivity index (χ0n) is 24.9. The first-order valence-corrected chi connectivity index (χ1v) is 14.5. The van der Waals surface area contributed by atoms with Crippen molar-refractivity contribution in [3.8, 4) is 0 Å². The van der Waals surface area contributed by atoms with Gasteiger partial charge in [0.2, 0.25) is 11.8 Å². The summed E-state index contributed by atoms with van der Waals surface area (Å²) in [6, 6.07) is 17.3. The summed E-state index contributed by atoms with van der Waals surface area (Å²) in [5, 5.41) is 5.83. The van der Waals surface area contributed by atoms with Crippen LogP contribution in [0.2, 0.25) is 0 Å². The molecule has 0 spiro atoms. The van der Waals surface area contributed by atoms with E-state index in [1.54, 1.807) is 20.8 Å². The van der Waals surface area contributed by atoms with Crippen LogP contribution in [-0.4, -0.2) is 66.9 Å². The van der Waals surface area contributed by atoms with E-state index in [0.29, 0.717) is 0 Å². The molecule has 0 aromatic heterocycles. The monoisotopic (exact) mass is 582 g/mol. The van der Waals surface area contributed by atoms with Crippen LogP contribution in [0.3, 0.4) is 0 Å². The van der Waals surface area contributed by atoms with Gasteiger partial charge in [-0.05, 0) is 37.8 Å². The molecule has 10 heteroatoms. The third-order valence-electron chi connectivity index (χ3n) is 7.20. The number of carbonyl (C=O) groups excluding carboxylic acids is 3. The molecule has 2 aliphatic heterocycles. The second kappa shape index (κ2) is 14.2. The van der Waals surface area contributed by atoms with Crippen LogP contribution < -0.4 is 10.6 Å². The van der Waals surface area contributed by atoms with Crippen LogP contribution in [0.4, 0.5) is 0 Å². The normalized spacial score (nSPS) is 24.0. The topological polar surface area (TPSA) is 121 Å². The molecule has 0 bridgehead atoms. The zero-order valence-corrected chi connectivity index (χ0v) is 24.9. The average Bonchev–Trinajstić information content (AvgIpc) is 3.42. The van der Waals surface area contributed by atoms with Crippen LogP contribution in [0.15, 0.2) is 60.7 Å². The Balaban J connectivity index is 1.53. The molecule has 4 rings (SSSR count). The summed E-state index contributed by atoms with van der Waals surface area (Å²) < 4.78 is 30.0. The van der Waals surface area contributed by atoms with Crippen LogP contribution in [0.25, 0.3) is 0 Å². The third kappa shape index (κ3) is 8.38. The molecule has 0 radical (unpaired) electrons. The highest BCUT2D eigenvalue weighted by molar-refractivity contribution is 5.89. The minimum Gasteiger partial charge on any atom is -0.466 e. The number of carbonyl (C=O) groups is 3. The number of esters is 1. The second-order valence-electron chi connectivity index (χ2n) is 11.4. The van der Waals surface area contributed by atoms with Gasteiger partial charge in [0.15, 0.2) is 12.1 Å². The molecule has 0 saturated carbocycles. The average molecular weight is 583 g/mol. The number of hydrogen-bond donors (Lipinski definition) is 2. The minimum absolute atomic E-state index is 0.137. The van der Waals surface area contributed by atoms with Gasteiger partial charge in [0.25, 0.3) is 0 Å². The number of nitrogens with one attached hydrogen (secondary N) is 2. The van der Waals surface area contributed by atoms with E-state index in [9.17, 15) is 14.4 Å². The molecule has 6 atom stereocenters. The van der Waals surface area contributed by atoms with Gasteiger partial charge in [-0.1, -0.05) is 74.5 Å². The molecular formula is C32H42N2O8. The second-order valence-corrected chi connectivity index (χ2v) is 11.4. The molecule has 2 N–H and O–H groups in total. The first-order chi connectivity index (χ1) is 20.1. The van der Waals surface area contributed by atoms with Crippen molar-refractivity contribution in [3.63, 3.8) is 0 Å². The Labute approximate surface area is 247 Å². The van der Waals surface area contributed by atoms with E-state index in [4.69, 9.17) is 23.7 Å². The highest BCUT2D eigenvalue weighted by Crippen LogP contribution is 2.40. The van der Waals surface area contributed by atoms with E-state index in [1.165, 1.54) is 0 Å². The van der Waals surface area contributed by atoms with Crippen molar-refractivity contribution in [2.75, 3.05) is 6.61 Å². The summed E-state index contributed by atoms with van der Waals surface area (Å²) in [4.78, 5) is 39.2. The number of benzene rings is 2. The molecule has 2 fully saturated rings. The molecule has 0 unspecified atom stereocenters. The number of fused-ring (bicyclic) bond motifs is 1. The van der Waals surface area contributed by atoms with Gasteiger partial charge in [0, 0.05) is 0 Å². The SMILES string of the molecule is CCOC(=O)C[C@@H](NC(=O)[C@@H](NC(=O)Cc1ccccc1)C(C)C)[C@H]1O[C@@H]2OC(C)(C)O[C@@H]2[C@H]1OCc1ccccc1. The Morgan fingerprint density at radius 1 is 0.929 bits per heavy atom. The van der Waals surface area contributed by atoms with Crippen molar-refractivity contribution in [1.29, 1.82) is 0 Å². The van der Waals surface area contributed by atoms with Gasteiger partial charge in [0.05, 0.1) is 32.1 Å². The molecule has 2 aromatic carbocycles. The molecule has 2 saturated heterocycles. The summed E-state index contributed by atoms with van der Waals surface area (Å²) >= 11 is 0. The molecular weight excluding hydrogens is 540 g/mol. The fraction of sp³-hybridized carbons (Fsp3) is 0.531. The van der Waals surface area contributed by atoms with E-state index in [2.05, 4.69) is 10.6 Å². The largest absolute Gasteiger partial charge is 0.466 e. The van der Waals surface area contributed by atoms with Crippen LogP contribution in [-0.2, 0) is 51.1 Å². The van der Waals surface area contributed by atoms with E-state index in [1.807, 2.05) is 74.5 Å². The zero-order chi connectivity index (χ0) is 30.3. The van der Waals surface area contributed by atoms with E-state index in [-0.39, 0.29) is 37.9 Å². The van der Waals surface area contributed by atoms with Crippen LogP contribution in [0, 0.1) is 5.92 Å². The Kier molecular flexibility index (Phi) is 10.7. The van der Waals surface area contributed by atoms with Crippen LogP contribution in [0.5, 0.6) is 0 Å². The van der Waals surface area contributed by atoms with Crippen molar-refractivity contribution in [3.05, 3.63) is 71.8 Å². The van der Waals surface area contributed by atoms with E-state index >= 15 is 0 Å². The summed E-state index contributed by atoms with van der Waals surface area (Å²) in [6.07, 6.45) is -2.82. The van der Waals surface area contributed by atoms with Gasteiger partial charge in [-0.15, -0.1) is 0 Å². The fourth-order valence-electron chi connectivity index (χ4n) is 5.25. The summed E-state index contributed by atoms with van der Waals surface area (Å²) in [7, 11) is 0. The lowest BCUT2D eigenvalue weighted by atomic mass is 9.97. The van der Waals surface area contributed by atoms with Crippen molar-refractivity contribution < 1.29 is 38.1 Å². The lowest BCUT2D eigenvalue weighted by Gasteiger charge is -2.32. The van der Waals surface area contributed by atoms with Crippen molar-refractivity contribution in [2.45, 2.75) is 96.5 Å². The van der Waals surface area contributed by atoms with Crippen LogP contribution >= 0.6 is 0 Å². The van der Waals surface area contributed by atoms with Gasteiger partial charge < -0.3 is 34.3 Å². The highest BCUT2D eigenvalue weighted by atomic mass is 16.8. The Hall–Kier alpha value is -3.31. The summed E-state index contributed by atoms with van der Waals surface area (Å²) in [6.45, 7) is 9.45. The maximum Gasteiger partial charge on any atom is 0.307 e. The number of amides is 2. The molecule has 10 nitrogen and oxygen atoms in total. The highest BCUT2D eigenvalue weighted by Gasteiger charge is 2.57. The number of hydrogen-bond acceptors (Lipinski definition) is 8. The minimum atomic E-state index is -0.889. The molecule has 2 heterocycles. The predicted octanol–water partition coefficient (Wildman–Crippen LogP) is 3.27. The molecule has 228 valence electrons. The molecule has 2 amide bonds. The summed E-state index contributed by atoms with van der Waals surface area (Å²) in [5.74, 6) is -2.33. The Bertz CT molecular complexity index is 1190. The number of ether oxygens (including phenoxy) is 5. The van der Waals surface area contributed by atoms with Crippen molar-refractivity contribution >= 4 is 17.8 Å². The third-order valence-corrected chi connectivity index (χ3v) is 7.20. The maximum absolute atomic E-state index is 13.7. The summed E-state index contributed by atoms with van der Waals surface area (Å²) in [5.41, 5.74) is 1.79. The Morgan fingerprint density at radius 2 is 1.57 bits per heavy atom. The first kappa shape index (κ1) is 31.6. The maximum atomic E-state index is 13.7. The van der Waals surface area contributed by atoms with Gasteiger partial charge >= 0.3 is 5.97 Å². The number of rotatable bonds is 13. The smallest absolute Gasteiger partial charge is 0.307 e. The fourth-order valence-corrected chi connectivity index (χ4v) is 5.25. The van der Waals surface area contributed by atoms with Gasteiger partial charge in [-0.2, -0.15) is 0 Å². The van der Waals surface area contributed by atoms with Crippen LogP contribution in [0.1, 0.15) is 52.2 Å². The lowest BCUT2D eigenvalue weighted by Crippen LogP contribution is -2.57. The molecule has 0 aliphatic carbocycles. The van der Waals surface area contributed by atoms with Crippen molar-refractivity contribution in [2.24, 2.45) is 5.92 Å². The van der Waals surface area contributed by atoms with E-state index < -0.39 is 54.3 Å². The quantitative estimate of drug-likeness (QED) is 0.345. The Morgan fingerprint density at radius 3 is 2.19 bits per heavy atom. The van der Waals surface area contributed by atoms with Gasteiger partial charge in [0.1, 0.15) is 24.4 Å². The van der Waals surface area contributed by atoms with Crippen molar-refractivity contribution in [1.82, 2.24) is 10.6 Å². The van der Waals surface area contributed by atoms with E-state index in [0.717, 1.165) is 11.1 Å². The molecule has 42 heavy (non-hydrogen) atoms. The van der Waals surface area contributed by atoms with Gasteiger partial charge in [-0.3, -0.25) is 14.4 Å².